The molecule has 0 unspecified atom stereocenters. The van der Waals surface area contributed by atoms with Gasteiger partial charge in [0.05, 0.1) is 11.4 Å². The zero-order valence-corrected chi connectivity index (χ0v) is 14.3. The smallest absolute Gasteiger partial charge is 0.251 e. The van der Waals surface area contributed by atoms with Gasteiger partial charge in [-0.1, -0.05) is 0 Å². The number of rotatable bonds is 2. The summed E-state index contributed by atoms with van der Waals surface area (Å²) >= 11 is 0. The molecular formula is C17H24F2N4O. The lowest BCUT2D eigenvalue weighted by molar-refractivity contribution is -0.142. The standard InChI is InChI=1S/C17H24F2N4O/c1-12-11-20-13(2)15(21-12)22-7-3-14(4-8-22)16(24)23-9-5-17(18,19)6-10-23/h11,14H,3-10H2,1-2H3. The highest BCUT2D eigenvalue weighted by atomic mass is 19.3. The summed E-state index contributed by atoms with van der Waals surface area (Å²) in [6, 6.07) is 0. The lowest BCUT2D eigenvalue weighted by Gasteiger charge is -2.37. The summed E-state index contributed by atoms with van der Waals surface area (Å²) in [6.07, 6.45) is 2.80. The van der Waals surface area contributed by atoms with Crippen molar-refractivity contribution >= 4 is 11.7 Å². The van der Waals surface area contributed by atoms with Crippen LogP contribution < -0.4 is 4.90 Å². The molecular weight excluding hydrogens is 314 g/mol. The molecule has 0 bridgehead atoms. The van der Waals surface area contributed by atoms with Gasteiger partial charge >= 0.3 is 0 Å². The van der Waals surface area contributed by atoms with Crippen LogP contribution in [-0.4, -0.2) is 52.9 Å². The number of hydrogen-bond donors (Lipinski definition) is 0. The van der Waals surface area contributed by atoms with Gasteiger partial charge in [-0.3, -0.25) is 9.78 Å². The van der Waals surface area contributed by atoms with Gasteiger partial charge in [0.2, 0.25) is 5.91 Å². The van der Waals surface area contributed by atoms with E-state index in [1.54, 1.807) is 11.1 Å². The monoisotopic (exact) mass is 338 g/mol. The summed E-state index contributed by atoms with van der Waals surface area (Å²) in [6.45, 7) is 5.70. The van der Waals surface area contributed by atoms with Crippen LogP contribution >= 0.6 is 0 Å². The van der Waals surface area contributed by atoms with Crippen LogP contribution in [0.1, 0.15) is 37.1 Å². The predicted molar refractivity (Wildman–Crippen MR) is 87.2 cm³/mol. The van der Waals surface area contributed by atoms with E-state index in [9.17, 15) is 13.6 Å². The van der Waals surface area contributed by atoms with E-state index in [4.69, 9.17) is 0 Å². The molecule has 0 radical (unpaired) electrons. The molecule has 3 rings (SSSR count). The van der Waals surface area contributed by atoms with E-state index in [-0.39, 0.29) is 37.8 Å². The van der Waals surface area contributed by atoms with E-state index in [0.717, 1.165) is 43.1 Å². The van der Waals surface area contributed by atoms with E-state index in [1.165, 1.54) is 0 Å². The normalized spacial score (nSPS) is 21.8. The Labute approximate surface area is 141 Å². The minimum Gasteiger partial charge on any atom is -0.355 e. The molecule has 0 aliphatic carbocycles. The zero-order chi connectivity index (χ0) is 17.3. The highest BCUT2D eigenvalue weighted by molar-refractivity contribution is 5.79. The van der Waals surface area contributed by atoms with Crippen molar-refractivity contribution in [3.8, 4) is 0 Å². The van der Waals surface area contributed by atoms with E-state index >= 15 is 0 Å². The number of likely N-dealkylation sites (tertiary alicyclic amines) is 1. The maximum Gasteiger partial charge on any atom is 0.251 e. The molecule has 0 aromatic carbocycles. The van der Waals surface area contributed by atoms with Gasteiger partial charge in [-0.15, -0.1) is 0 Å². The van der Waals surface area contributed by atoms with Crippen LogP contribution in [0.5, 0.6) is 0 Å². The number of carbonyl (C=O) groups excluding carboxylic acids is 1. The number of carbonyl (C=O) groups is 1. The largest absolute Gasteiger partial charge is 0.355 e. The van der Waals surface area contributed by atoms with Gasteiger partial charge in [-0.2, -0.15) is 0 Å². The van der Waals surface area contributed by atoms with Crippen molar-refractivity contribution in [3.05, 3.63) is 17.6 Å². The highest BCUT2D eigenvalue weighted by Gasteiger charge is 2.38. The van der Waals surface area contributed by atoms with Crippen LogP contribution in [0.4, 0.5) is 14.6 Å². The second-order valence-electron chi connectivity index (χ2n) is 6.86. The summed E-state index contributed by atoms with van der Waals surface area (Å²) in [5.41, 5.74) is 1.77. The number of amides is 1. The molecule has 3 heterocycles. The fourth-order valence-corrected chi connectivity index (χ4v) is 3.48. The van der Waals surface area contributed by atoms with Crippen molar-refractivity contribution in [2.45, 2.75) is 45.5 Å². The Balaban J connectivity index is 1.57. The first-order valence-corrected chi connectivity index (χ1v) is 8.57. The topological polar surface area (TPSA) is 49.3 Å². The lowest BCUT2D eigenvalue weighted by atomic mass is 9.94. The van der Waals surface area contributed by atoms with Gasteiger partial charge in [-0.25, -0.2) is 13.8 Å². The number of hydrogen-bond acceptors (Lipinski definition) is 4. The van der Waals surface area contributed by atoms with Crippen molar-refractivity contribution in [1.29, 1.82) is 0 Å². The Kier molecular flexibility index (Phi) is 4.69. The fourth-order valence-electron chi connectivity index (χ4n) is 3.48. The number of aromatic nitrogens is 2. The molecule has 5 nitrogen and oxygen atoms in total. The summed E-state index contributed by atoms with van der Waals surface area (Å²) in [4.78, 5) is 25.3. The molecule has 2 fully saturated rings. The van der Waals surface area contributed by atoms with Crippen LogP contribution in [0, 0.1) is 19.8 Å². The minimum absolute atomic E-state index is 0.0391. The van der Waals surface area contributed by atoms with E-state index in [0.29, 0.717) is 0 Å². The quantitative estimate of drug-likeness (QED) is 0.832. The maximum atomic E-state index is 13.2. The second kappa shape index (κ2) is 6.61. The average molecular weight is 338 g/mol. The number of halogens is 2. The summed E-state index contributed by atoms with van der Waals surface area (Å²) in [7, 11) is 0. The van der Waals surface area contributed by atoms with Crippen LogP contribution in [0.3, 0.4) is 0 Å². The van der Waals surface area contributed by atoms with Gasteiger partial charge in [-0.05, 0) is 26.7 Å². The Bertz CT molecular complexity index is 605. The fraction of sp³-hybridized carbons (Fsp3) is 0.706. The number of piperidine rings is 2. The van der Waals surface area contributed by atoms with Crippen molar-refractivity contribution in [3.63, 3.8) is 0 Å². The van der Waals surface area contributed by atoms with Gasteiger partial charge < -0.3 is 9.80 Å². The predicted octanol–water partition coefficient (Wildman–Crippen LogP) is 2.57. The van der Waals surface area contributed by atoms with Crippen molar-refractivity contribution < 1.29 is 13.6 Å². The first-order chi connectivity index (χ1) is 11.4. The van der Waals surface area contributed by atoms with E-state index in [2.05, 4.69) is 14.9 Å². The third-order valence-electron chi connectivity index (χ3n) is 5.00. The first-order valence-electron chi connectivity index (χ1n) is 8.57. The molecule has 2 saturated heterocycles. The van der Waals surface area contributed by atoms with Crippen LogP contribution in [0.25, 0.3) is 0 Å². The van der Waals surface area contributed by atoms with Crippen LogP contribution in [0.2, 0.25) is 0 Å². The molecule has 1 aromatic heterocycles. The molecule has 1 amide bonds. The number of aryl methyl sites for hydroxylation is 2. The molecule has 2 aliphatic heterocycles. The number of anilines is 1. The third kappa shape index (κ3) is 3.65. The Morgan fingerprint density at radius 1 is 1.17 bits per heavy atom. The van der Waals surface area contributed by atoms with Gasteiger partial charge in [0.25, 0.3) is 5.92 Å². The Morgan fingerprint density at radius 2 is 1.79 bits per heavy atom. The third-order valence-corrected chi connectivity index (χ3v) is 5.00. The van der Waals surface area contributed by atoms with Crippen LogP contribution in [-0.2, 0) is 4.79 Å². The van der Waals surface area contributed by atoms with Crippen molar-refractivity contribution in [1.82, 2.24) is 14.9 Å². The molecule has 0 spiro atoms. The molecule has 24 heavy (non-hydrogen) atoms. The molecule has 132 valence electrons. The average Bonchev–Trinajstić information content (AvgIpc) is 2.57. The number of alkyl halides is 2. The van der Waals surface area contributed by atoms with E-state index in [1.807, 2.05) is 13.8 Å². The van der Waals surface area contributed by atoms with Gasteiger partial charge in [0.1, 0.15) is 5.82 Å². The zero-order valence-electron chi connectivity index (χ0n) is 14.3. The SMILES string of the molecule is Cc1cnc(C)c(N2CCC(C(=O)N3CCC(F)(F)CC3)CC2)n1. The van der Waals surface area contributed by atoms with Crippen molar-refractivity contribution in [2.75, 3.05) is 31.1 Å². The molecule has 7 heteroatoms. The second-order valence-corrected chi connectivity index (χ2v) is 6.86. The minimum atomic E-state index is -2.61. The molecule has 0 atom stereocenters. The summed E-state index contributed by atoms with van der Waals surface area (Å²) in [5.74, 6) is -1.75. The summed E-state index contributed by atoms with van der Waals surface area (Å²) in [5, 5.41) is 0. The molecule has 0 saturated carbocycles. The van der Waals surface area contributed by atoms with E-state index < -0.39 is 5.92 Å². The first kappa shape index (κ1) is 17.0. The Hall–Kier alpha value is -1.79. The van der Waals surface area contributed by atoms with Crippen LogP contribution in [0.15, 0.2) is 6.20 Å². The highest BCUT2D eigenvalue weighted by Crippen LogP contribution is 2.30. The molecule has 1 aromatic rings. The number of nitrogens with zero attached hydrogens (tertiary/aromatic N) is 4. The maximum absolute atomic E-state index is 13.2. The van der Waals surface area contributed by atoms with Crippen molar-refractivity contribution in [2.24, 2.45) is 5.92 Å². The van der Waals surface area contributed by atoms with Gasteiger partial charge in [0, 0.05) is 51.1 Å². The van der Waals surface area contributed by atoms with Gasteiger partial charge in [0.15, 0.2) is 0 Å². The Morgan fingerprint density at radius 3 is 2.42 bits per heavy atom. The summed E-state index contributed by atoms with van der Waals surface area (Å²) < 4.78 is 26.5. The molecule has 2 aliphatic rings. The molecule has 0 N–H and O–H groups in total. The lowest BCUT2D eigenvalue weighted by Crippen LogP contribution is -2.47.